The standard InChI is InChI=1S/C15H20N2OS/c18-15(17-11-5-3-4-8-16-9-11)13-10-19-14-7-2-1-6-12(13)14/h1-2,6-7,11,13,16H,3-5,8-10H2,(H,17,18). The van der Waals surface area contributed by atoms with E-state index in [1.807, 2.05) is 12.1 Å². The van der Waals surface area contributed by atoms with Crippen LogP contribution < -0.4 is 10.6 Å². The van der Waals surface area contributed by atoms with Gasteiger partial charge in [-0.2, -0.15) is 0 Å². The van der Waals surface area contributed by atoms with Crippen molar-refractivity contribution in [3.8, 4) is 0 Å². The van der Waals surface area contributed by atoms with E-state index < -0.39 is 0 Å². The summed E-state index contributed by atoms with van der Waals surface area (Å²) in [6, 6.07) is 8.57. The van der Waals surface area contributed by atoms with Crippen LogP contribution in [0.5, 0.6) is 0 Å². The molecule has 2 unspecified atom stereocenters. The molecule has 2 N–H and O–H groups in total. The predicted octanol–water partition coefficient (Wildman–Crippen LogP) is 2.13. The molecule has 0 bridgehead atoms. The van der Waals surface area contributed by atoms with Crippen LogP contribution in [0.15, 0.2) is 29.2 Å². The first kappa shape index (κ1) is 13.0. The second kappa shape index (κ2) is 5.97. The van der Waals surface area contributed by atoms with E-state index >= 15 is 0 Å². The fourth-order valence-corrected chi connectivity index (χ4v) is 4.05. The molecule has 0 aliphatic carbocycles. The third-order valence-electron chi connectivity index (χ3n) is 3.91. The van der Waals surface area contributed by atoms with Crippen molar-refractivity contribution < 1.29 is 4.79 Å². The predicted molar refractivity (Wildman–Crippen MR) is 78.6 cm³/mol. The van der Waals surface area contributed by atoms with E-state index in [0.717, 1.165) is 25.3 Å². The van der Waals surface area contributed by atoms with Gasteiger partial charge in [0.2, 0.25) is 5.91 Å². The summed E-state index contributed by atoms with van der Waals surface area (Å²) in [5.74, 6) is 1.11. The number of thioether (sulfide) groups is 1. The molecule has 1 aromatic carbocycles. The van der Waals surface area contributed by atoms with Gasteiger partial charge in [-0.25, -0.2) is 0 Å². The minimum atomic E-state index is 0.0319. The lowest BCUT2D eigenvalue weighted by Crippen LogP contribution is -2.43. The van der Waals surface area contributed by atoms with Crippen LogP contribution in [-0.4, -0.2) is 30.8 Å². The van der Waals surface area contributed by atoms with Crippen molar-refractivity contribution in [2.24, 2.45) is 0 Å². The number of hydrogen-bond donors (Lipinski definition) is 2. The summed E-state index contributed by atoms with van der Waals surface area (Å²) >= 11 is 1.79. The molecule has 1 aromatic rings. The highest BCUT2D eigenvalue weighted by Crippen LogP contribution is 2.39. The number of benzene rings is 1. The smallest absolute Gasteiger partial charge is 0.228 e. The molecule has 1 amide bonds. The largest absolute Gasteiger partial charge is 0.352 e. The van der Waals surface area contributed by atoms with Crippen LogP contribution in [-0.2, 0) is 4.79 Å². The Morgan fingerprint density at radius 1 is 1.32 bits per heavy atom. The molecule has 3 nitrogen and oxygen atoms in total. The quantitative estimate of drug-likeness (QED) is 0.869. The van der Waals surface area contributed by atoms with Gasteiger partial charge in [0.1, 0.15) is 0 Å². The molecule has 2 aliphatic heterocycles. The maximum atomic E-state index is 12.4. The van der Waals surface area contributed by atoms with Crippen molar-refractivity contribution in [2.75, 3.05) is 18.8 Å². The molecule has 2 heterocycles. The highest BCUT2D eigenvalue weighted by Gasteiger charge is 2.30. The average molecular weight is 276 g/mol. The van der Waals surface area contributed by atoms with Gasteiger partial charge in [0.15, 0.2) is 0 Å². The lowest BCUT2D eigenvalue weighted by atomic mass is 10.00. The molecule has 0 spiro atoms. The van der Waals surface area contributed by atoms with Crippen LogP contribution in [0.1, 0.15) is 30.7 Å². The number of carbonyl (C=O) groups excluding carboxylic acids is 1. The van der Waals surface area contributed by atoms with Crippen LogP contribution in [0.3, 0.4) is 0 Å². The molecular formula is C15H20N2OS. The Morgan fingerprint density at radius 3 is 3.16 bits per heavy atom. The number of nitrogens with one attached hydrogen (secondary N) is 2. The van der Waals surface area contributed by atoms with Crippen molar-refractivity contribution in [1.29, 1.82) is 0 Å². The Hall–Kier alpha value is -1.00. The van der Waals surface area contributed by atoms with Crippen LogP contribution >= 0.6 is 11.8 Å². The minimum Gasteiger partial charge on any atom is -0.352 e. The maximum absolute atomic E-state index is 12.4. The Balaban J connectivity index is 1.65. The molecule has 0 saturated carbocycles. The number of hydrogen-bond acceptors (Lipinski definition) is 3. The van der Waals surface area contributed by atoms with E-state index in [1.165, 1.54) is 23.3 Å². The van der Waals surface area contributed by atoms with Gasteiger partial charge < -0.3 is 10.6 Å². The molecule has 1 saturated heterocycles. The first-order valence-corrected chi connectivity index (χ1v) is 8.06. The molecule has 1 fully saturated rings. The van der Waals surface area contributed by atoms with E-state index in [4.69, 9.17) is 0 Å². The van der Waals surface area contributed by atoms with Crippen molar-refractivity contribution in [1.82, 2.24) is 10.6 Å². The maximum Gasteiger partial charge on any atom is 0.228 e. The summed E-state index contributed by atoms with van der Waals surface area (Å²) in [4.78, 5) is 13.7. The number of rotatable bonds is 2. The fourth-order valence-electron chi connectivity index (χ4n) is 2.82. The van der Waals surface area contributed by atoms with Gasteiger partial charge in [-0.05, 0) is 31.0 Å². The van der Waals surface area contributed by atoms with Crippen molar-refractivity contribution in [3.63, 3.8) is 0 Å². The second-order valence-corrected chi connectivity index (χ2v) is 6.37. The third kappa shape index (κ3) is 2.95. The third-order valence-corrected chi connectivity index (χ3v) is 5.09. The van der Waals surface area contributed by atoms with E-state index in [1.54, 1.807) is 11.8 Å². The molecule has 2 atom stereocenters. The van der Waals surface area contributed by atoms with Gasteiger partial charge in [0, 0.05) is 23.2 Å². The summed E-state index contributed by atoms with van der Waals surface area (Å²) in [6.45, 7) is 1.99. The van der Waals surface area contributed by atoms with Gasteiger partial charge in [-0.1, -0.05) is 24.6 Å². The Labute approximate surface area is 118 Å². The normalized spacial score (nSPS) is 26.5. The van der Waals surface area contributed by atoms with Gasteiger partial charge >= 0.3 is 0 Å². The van der Waals surface area contributed by atoms with E-state index in [0.29, 0.717) is 6.04 Å². The zero-order valence-corrected chi connectivity index (χ0v) is 11.8. The first-order chi connectivity index (χ1) is 9.34. The molecule has 19 heavy (non-hydrogen) atoms. The zero-order chi connectivity index (χ0) is 13.1. The summed E-state index contributed by atoms with van der Waals surface area (Å²) in [5, 5.41) is 6.62. The van der Waals surface area contributed by atoms with Crippen LogP contribution in [0.4, 0.5) is 0 Å². The fraction of sp³-hybridized carbons (Fsp3) is 0.533. The van der Waals surface area contributed by atoms with Crippen molar-refractivity contribution in [2.45, 2.75) is 36.1 Å². The SMILES string of the molecule is O=C(NC1CCCCNC1)C1CSc2ccccc21. The zero-order valence-electron chi connectivity index (χ0n) is 11.0. The van der Waals surface area contributed by atoms with E-state index in [-0.39, 0.29) is 11.8 Å². The van der Waals surface area contributed by atoms with Crippen molar-refractivity contribution in [3.05, 3.63) is 29.8 Å². The van der Waals surface area contributed by atoms with Gasteiger partial charge in [-0.15, -0.1) is 11.8 Å². The summed E-state index contributed by atoms with van der Waals surface area (Å²) < 4.78 is 0. The molecule has 2 aliphatic rings. The Bertz CT molecular complexity index is 455. The van der Waals surface area contributed by atoms with Gasteiger partial charge in [0.25, 0.3) is 0 Å². The molecule has 4 heteroatoms. The number of fused-ring (bicyclic) bond motifs is 1. The molecule has 0 aromatic heterocycles. The Morgan fingerprint density at radius 2 is 2.21 bits per heavy atom. The van der Waals surface area contributed by atoms with Crippen molar-refractivity contribution >= 4 is 17.7 Å². The number of carbonyl (C=O) groups is 1. The molecule has 102 valence electrons. The summed E-state index contributed by atoms with van der Waals surface area (Å²) in [5.41, 5.74) is 1.20. The van der Waals surface area contributed by atoms with Gasteiger partial charge in [0.05, 0.1) is 5.92 Å². The monoisotopic (exact) mass is 276 g/mol. The Kier molecular flexibility index (Phi) is 4.09. The average Bonchev–Trinajstić information content (AvgIpc) is 2.70. The second-order valence-electron chi connectivity index (χ2n) is 5.31. The summed E-state index contributed by atoms with van der Waals surface area (Å²) in [7, 11) is 0. The highest BCUT2D eigenvalue weighted by atomic mass is 32.2. The van der Waals surface area contributed by atoms with Gasteiger partial charge in [-0.3, -0.25) is 4.79 Å². The minimum absolute atomic E-state index is 0.0319. The summed E-state index contributed by atoms with van der Waals surface area (Å²) in [6.07, 6.45) is 3.52. The van der Waals surface area contributed by atoms with E-state index in [2.05, 4.69) is 22.8 Å². The molecular weight excluding hydrogens is 256 g/mol. The first-order valence-electron chi connectivity index (χ1n) is 7.07. The lowest BCUT2D eigenvalue weighted by Gasteiger charge is -2.19. The van der Waals surface area contributed by atoms with E-state index in [9.17, 15) is 4.79 Å². The molecule has 0 radical (unpaired) electrons. The van der Waals surface area contributed by atoms with Crippen LogP contribution in [0, 0.1) is 0 Å². The molecule has 3 rings (SSSR count). The van der Waals surface area contributed by atoms with Crippen LogP contribution in [0.2, 0.25) is 0 Å². The number of amides is 1. The topological polar surface area (TPSA) is 41.1 Å². The van der Waals surface area contributed by atoms with Crippen LogP contribution in [0.25, 0.3) is 0 Å². The highest BCUT2D eigenvalue weighted by molar-refractivity contribution is 7.99. The lowest BCUT2D eigenvalue weighted by molar-refractivity contribution is -0.122.